The fraction of sp³-hybridized carbons (Fsp3) is 0.625. The maximum atomic E-state index is 6.10. The van der Waals surface area contributed by atoms with E-state index < -0.39 is 0 Å². The van der Waals surface area contributed by atoms with Gasteiger partial charge in [-0.15, -0.1) is 0 Å². The molecule has 2 aliphatic heterocycles. The Morgan fingerprint density at radius 2 is 1.70 bits per heavy atom. The molecule has 0 radical (unpaired) electrons. The Bertz CT molecular complexity index is 449. The Balaban J connectivity index is 1.61. The van der Waals surface area contributed by atoms with E-state index in [2.05, 4.69) is 9.80 Å². The van der Waals surface area contributed by atoms with Gasteiger partial charge in [0.15, 0.2) is 0 Å². The molecule has 3 nitrogen and oxygen atoms in total. The van der Waals surface area contributed by atoms with Crippen LogP contribution in [0.15, 0.2) is 18.2 Å². The van der Waals surface area contributed by atoms with Gasteiger partial charge in [0.2, 0.25) is 0 Å². The molecule has 2 saturated heterocycles. The van der Waals surface area contributed by atoms with Gasteiger partial charge < -0.3 is 15.5 Å². The van der Waals surface area contributed by atoms with Crippen molar-refractivity contribution in [1.29, 1.82) is 0 Å². The number of likely N-dealkylation sites (tertiary alicyclic amines) is 1. The third-order valence-corrected chi connectivity index (χ3v) is 4.94. The van der Waals surface area contributed by atoms with Crippen molar-refractivity contribution in [1.82, 2.24) is 4.90 Å². The number of benzene rings is 1. The predicted molar refractivity (Wildman–Crippen MR) is 86.5 cm³/mol. The Hall–Kier alpha value is -0.930. The SMILES string of the molecule is Nc1ccc(Cl)cc1N1CCC(N2CCCCC2)CC1. The van der Waals surface area contributed by atoms with E-state index in [4.69, 9.17) is 17.3 Å². The lowest BCUT2D eigenvalue weighted by atomic mass is 9.99. The van der Waals surface area contributed by atoms with Crippen LogP contribution in [0.5, 0.6) is 0 Å². The minimum atomic E-state index is 0.770. The van der Waals surface area contributed by atoms with Crippen LogP contribution in [0.3, 0.4) is 0 Å². The van der Waals surface area contributed by atoms with Gasteiger partial charge in [0.1, 0.15) is 0 Å². The molecule has 2 fully saturated rings. The second kappa shape index (κ2) is 6.23. The van der Waals surface area contributed by atoms with E-state index in [1.807, 2.05) is 18.2 Å². The lowest BCUT2D eigenvalue weighted by Gasteiger charge is -2.41. The summed E-state index contributed by atoms with van der Waals surface area (Å²) < 4.78 is 0. The van der Waals surface area contributed by atoms with Crippen LogP contribution in [0, 0.1) is 0 Å². The standard InChI is InChI=1S/C16H24ClN3/c17-13-4-5-15(18)16(12-13)20-10-6-14(7-11-20)19-8-2-1-3-9-19/h4-5,12,14H,1-3,6-11,18H2. The van der Waals surface area contributed by atoms with Gasteiger partial charge in [0.25, 0.3) is 0 Å². The molecule has 110 valence electrons. The highest BCUT2D eigenvalue weighted by Crippen LogP contribution is 2.30. The maximum absolute atomic E-state index is 6.10. The van der Waals surface area contributed by atoms with E-state index in [1.165, 1.54) is 45.2 Å². The summed E-state index contributed by atoms with van der Waals surface area (Å²) in [6, 6.07) is 6.54. The number of rotatable bonds is 2. The van der Waals surface area contributed by atoms with Crippen molar-refractivity contribution in [3.05, 3.63) is 23.2 Å². The Kier molecular flexibility index (Phi) is 4.37. The highest BCUT2D eigenvalue weighted by atomic mass is 35.5. The van der Waals surface area contributed by atoms with Gasteiger partial charge in [-0.3, -0.25) is 0 Å². The average Bonchev–Trinajstić information content (AvgIpc) is 2.51. The first-order valence-corrected chi connectivity index (χ1v) is 8.16. The molecule has 1 aromatic carbocycles. The van der Waals surface area contributed by atoms with Crippen LogP contribution in [0.1, 0.15) is 32.1 Å². The van der Waals surface area contributed by atoms with Crippen molar-refractivity contribution in [3.8, 4) is 0 Å². The van der Waals surface area contributed by atoms with E-state index in [0.29, 0.717) is 0 Å². The molecule has 0 aromatic heterocycles. The fourth-order valence-corrected chi connectivity index (χ4v) is 3.71. The van der Waals surface area contributed by atoms with E-state index >= 15 is 0 Å². The van der Waals surface area contributed by atoms with Gasteiger partial charge in [0.05, 0.1) is 11.4 Å². The van der Waals surface area contributed by atoms with Crippen LogP contribution < -0.4 is 10.6 Å². The minimum absolute atomic E-state index is 0.770. The summed E-state index contributed by atoms with van der Waals surface area (Å²) in [5, 5.41) is 0.771. The van der Waals surface area contributed by atoms with Crippen molar-refractivity contribution < 1.29 is 0 Å². The van der Waals surface area contributed by atoms with Gasteiger partial charge in [-0.25, -0.2) is 0 Å². The zero-order valence-corrected chi connectivity index (χ0v) is 12.8. The van der Waals surface area contributed by atoms with Gasteiger partial charge in [-0.1, -0.05) is 18.0 Å². The molecule has 4 heteroatoms. The molecule has 0 spiro atoms. The molecule has 0 saturated carbocycles. The number of halogens is 1. The van der Waals surface area contributed by atoms with Crippen molar-refractivity contribution >= 4 is 23.0 Å². The number of nitrogens with zero attached hydrogens (tertiary/aromatic N) is 2. The molecule has 20 heavy (non-hydrogen) atoms. The first-order valence-electron chi connectivity index (χ1n) is 7.78. The normalized spacial score (nSPS) is 22.1. The molecule has 0 atom stereocenters. The average molecular weight is 294 g/mol. The van der Waals surface area contributed by atoms with E-state index in [0.717, 1.165) is 35.5 Å². The van der Waals surface area contributed by atoms with Crippen molar-refractivity contribution in [3.63, 3.8) is 0 Å². The van der Waals surface area contributed by atoms with Crippen molar-refractivity contribution in [2.24, 2.45) is 0 Å². The first kappa shape index (κ1) is 14.0. The van der Waals surface area contributed by atoms with Crippen LogP contribution >= 0.6 is 11.6 Å². The van der Waals surface area contributed by atoms with Crippen LogP contribution in [0.2, 0.25) is 5.02 Å². The smallest absolute Gasteiger partial charge is 0.0614 e. The maximum Gasteiger partial charge on any atom is 0.0614 e. The predicted octanol–water partition coefficient (Wildman–Crippen LogP) is 3.38. The van der Waals surface area contributed by atoms with Gasteiger partial charge in [0, 0.05) is 24.2 Å². The van der Waals surface area contributed by atoms with Crippen molar-refractivity contribution in [2.75, 3.05) is 36.8 Å². The second-order valence-electron chi connectivity index (χ2n) is 6.02. The summed E-state index contributed by atoms with van der Waals surface area (Å²) in [4.78, 5) is 5.09. The molecular weight excluding hydrogens is 270 g/mol. The highest BCUT2D eigenvalue weighted by molar-refractivity contribution is 6.31. The summed E-state index contributed by atoms with van der Waals surface area (Å²) in [5.41, 5.74) is 8.03. The number of piperidine rings is 2. The van der Waals surface area contributed by atoms with E-state index in [1.54, 1.807) is 0 Å². The lowest BCUT2D eigenvalue weighted by Crippen LogP contribution is -2.46. The summed E-state index contributed by atoms with van der Waals surface area (Å²) >= 11 is 6.10. The topological polar surface area (TPSA) is 32.5 Å². The third kappa shape index (κ3) is 3.04. The quantitative estimate of drug-likeness (QED) is 0.849. The number of hydrogen-bond acceptors (Lipinski definition) is 3. The van der Waals surface area contributed by atoms with Gasteiger partial charge >= 0.3 is 0 Å². The molecule has 2 N–H and O–H groups in total. The Morgan fingerprint density at radius 1 is 1.00 bits per heavy atom. The number of anilines is 2. The monoisotopic (exact) mass is 293 g/mol. The van der Waals surface area contributed by atoms with Crippen LogP contribution in [0.25, 0.3) is 0 Å². The fourth-order valence-electron chi connectivity index (χ4n) is 3.55. The van der Waals surface area contributed by atoms with Crippen LogP contribution in [-0.2, 0) is 0 Å². The molecule has 0 unspecified atom stereocenters. The molecule has 0 amide bonds. The largest absolute Gasteiger partial charge is 0.397 e. The second-order valence-corrected chi connectivity index (χ2v) is 6.45. The zero-order chi connectivity index (χ0) is 13.9. The summed E-state index contributed by atoms with van der Waals surface area (Å²) in [7, 11) is 0. The molecule has 0 bridgehead atoms. The Morgan fingerprint density at radius 3 is 2.40 bits per heavy atom. The molecule has 0 aliphatic carbocycles. The Labute approximate surface area is 126 Å². The van der Waals surface area contributed by atoms with Crippen molar-refractivity contribution in [2.45, 2.75) is 38.1 Å². The molecular formula is C16H24ClN3. The molecule has 2 heterocycles. The molecule has 3 rings (SSSR count). The minimum Gasteiger partial charge on any atom is -0.397 e. The summed E-state index contributed by atoms with van der Waals surface area (Å²) in [6.45, 7) is 4.77. The van der Waals surface area contributed by atoms with E-state index in [-0.39, 0.29) is 0 Å². The molecule has 1 aromatic rings. The van der Waals surface area contributed by atoms with Gasteiger partial charge in [-0.05, 0) is 57.0 Å². The third-order valence-electron chi connectivity index (χ3n) is 4.70. The van der Waals surface area contributed by atoms with Gasteiger partial charge in [-0.2, -0.15) is 0 Å². The van der Waals surface area contributed by atoms with E-state index in [9.17, 15) is 0 Å². The lowest BCUT2D eigenvalue weighted by molar-refractivity contribution is 0.141. The molecule has 2 aliphatic rings. The number of nitrogen functional groups attached to an aromatic ring is 1. The van der Waals surface area contributed by atoms with Crippen LogP contribution in [-0.4, -0.2) is 37.1 Å². The number of hydrogen-bond donors (Lipinski definition) is 1. The zero-order valence-electron chi connectivity index (χ0n) is 12.0. The van der Waals surface area contributed by atoms with Crippen LogP contribution in [0.4, 0.5) is 11.4 Å². The number of nitrogens with two attached hydrogens (primary N) is 1. The highest BCUT2D eigenvalue weighted by Gasteiger charge is 2.26. The summed E-state index contributed by atoms with van der Waals surface area (Å²) in [6.07, 6.45) is 6.65. The summed E-state index contributed by atoms with van der Waals surface area (Å²) in [5.74, 6) is 0. The first-order chi connectivity index (χ1) is 9.74.